The minimum Gasteiger partial charge on any atom is -0.314 e. The van der Waals surface area contributed by atoms with Gasteiger partial charge in [0.05, 0.1) is 0 Å². The molecular formula is C13H29N. The highest BCUT2D eigenvalue weighted by molar-refractivity contribution is 4.85. The first kappa shape index (κ1) is 14.0. The van der Waals surface area contributed by atoms with Crippen LogP contribution in [0.1, 0.15) is 66.2 Å². The molecule has 0 aliphatic carbocycles. The quantitative estimate of drug-likeness (QED) is 0.623. The Hall–Kier alpha value is -0.0400. The van der Waals surface area contributed by atoms with Crippen LogP contribution in [-0.2, 0) is 0 Å². The van der Waals surface area contributed by atoms with Crippen LogP contribution in [0.4, 0.5) is 0 Å². The minimum absolute atomic E-state index is 0.417. The molecule has 0 spiro atoms. The standard InChI is InChI=1S/C13H29N/c1-6-8-10-13(7-2,14-5)11-9-12(3)4/h12,14H,6-11H2,1-5H3. The van der Waals surface area contributed by atoms with Gasteiger partial charge in [-0.15, -0.1) is 0 Å². The van der Waals surface area contributed by atoms with Crippen LogP contribution in [0.2, 0.25) is 0 Å². The van der Waals surface area contributed by atoms with E-state index in [1.54, 1.807) is 0 Å². The molecule has 0 bridgehead atoms. The lowest BCUT2D eigenvalue weighted by molar-refractivity contribution is 0.263. The van der Waals surface area contributed by atoms with E-state index in [9.17, 15) is 0 Å². The molecule has 0 aromatic carbocycles. The number of hydrogen-bond donors (Lipinski definition) is 1. The van der Waals surface area contributed by atoms with Crippen molar-refractivity contribution in [2.45, 2.75) is 71.8 Å². The van der Waals surface area contributed by atoms with Crippen LogP contribution in [0.15, 0.2) is 0 Å². The van der Waals surface area contributed by atoms with E-state index in [4.69, 9.17) is 0 Å². The summed E-state index contributed by atoms with van der Waals surface area (Å²) in [7, 11) is 2.12. The van der Waals surface area contributed by atoms with Gasteiger partial charge >= 0.3 is 0 Å². The maximum Gasteiger partial charge on any atom is 0.0176 e. The maximum atomic E-state index is 3.56. The fourth-order valence-electron chi connectivity index (χ4n) is 1.99. The van der Waals surface area contributed by atoms with E-state index >= 15 is 0 Å². The molecule has 0 fully saturated rings. The van der Waals surface area contributed by atoms with Crippen LogP contribution in [0.3, 0.4) is 0 Å². The molecule has 1 atom stereocenters. The molecule has 14 heavy (non-hydrogen) atoms. The van der Waals surface area contributed by atoms with Crippen molar-refractivity contribution in [1.82, 2.24) is 5.32 Å². The fourth-order valence-corrected chi connectivity index (χ4v) is 1.99. The van der Waals surface area contributed by atoms with E-state index in [0.717, 1.165) is 5.92 Å². The van der Waals surface area contributed by atoms with Gasteiger partial charge in [-0.05, 0) is 38.6 Å². The molecule has 0 aromatic rings. The van der Waals surface area contributed by atoms with Gasteiger partial charge < -0.3 is 5.32 Å². The highest BCUT2D eigenvalue weighted by Crippen LogP contribution is 2.25. The topological polar surface area (TPSA) is 12.0 Å². The molecular weight excluding hydrogens is 170 g/mol. The highest BCUT2D eigenvalue weighted by Gasteiger charge is 2.24. The van der Waals surface area contributed by atoms with E-state index in [0.29, 0.717) is 5.54 Å². The maximum absolute atomic E-state index is 3.56. The second-order valence-electron chi connectivity index (χ2n) is 4.92. The van der Waals surface area contributed by atoms with Crippen molar-refractivity contribution in [1.29, 1.82) is 0 Å². The lowest BCUT2D eigenvalue weighted by Gasteiger charge is -2.33. The molecule has 0 aromatic heterocycles. The second-order valence-corrected chi connectivity index (χ2v) is 4.92. The summed E-state index contributed by atoms with van der Waals surface area (Å²) >= 11 is 0. The van der Waals surface area contributed by atoms with Crippen molar-refractivity contribution >= 4 is 0 Å². The molecule has 0 aliphatic rings. The van der Waals surface area contributed by atoms with Crippen molar-refractivity contribution in [2.75, 3.05) is 7.05 Å². The summed E-state index contributed by atoms with van der Waals surface area (Å²) in [6, 6.07) is 0. The Balaban J connectivity index is 4.07. The number of rotatable bonds is 8. The van der Waals surface area contributed by atoms with Gasteiger partial charge in [-0.25, -0.2) is 0 Å². The van der Waals surface area contributed by atoms with Crippen LogP contribution < -0.4 is 5.32 Å². The van der Waals surface area contributed by atoms with Gasteiger partial charge in [-0.2, -0.15) is 0 Å². The molecule has 1 heteroatoms. The SMILES string of the molecule is CCCCC(CC)(CCC(C)C)NC. The zero-order chi connectivity index (χ0) is 11.0. The molecule has 0 radical (unpaired) electrons. The Bertz CT molecular complexity index is 125. The van der Waals surface area contributed by atoms with Crippen LogP contribution in [0, 0.1) is 5.92 Å². The molecule has 1 N–H and O–H groups in total. The summed E-state index contributed by atoms with van der Waals surface area (Å²) in [5.41, 5.74) is 0.417. The molecule has 0 heterocycles. The Labute approximate surface area is 90.7 Å². The predicted molar refractivity (Wildman–Crippen MR) is 65.7 cm³/mol. The number of nitrogens with one attached hydrogen (secondary N) is 1. The summed E-state index contributed by atoms with van der Waals surface area (Å²) in [6.45, 7) is 9.22. The van der Waals surface area contributed by atoms with Crippen LogP contribution in [0.25, 0.3) is 0 Å². The zero-order valence-corrected chi connectivity index (χ0v) is 10.8. The summed E-state index contributed by atoms with van der Waals surface area (Å²) in [5, 5.41) is 3.56. The van der Waals surface area contributed by atoms with Gasteiger partial charge in [0.15, 0.2) is 0 Å². The van der Waals surface area contributed by atoms with Crippen LogP contribution in [-0.4, -0.2) is 12.6 Å². The average Bonchev–Trinajstić information content (AvgIpc) is 2.19. The Morgan fingerprint density at radius 2 is 1.79 bits per heavy atom. The Morgan fingerprint density at radius 3 is 2.14 bits per heavy atom. The van der Waals surface area contributed by atoms with Crippen molar-refractivity contribution in [3.8, 4) is 0 Å². The van der Waals surface area contributed by atoms with Crippen molar-refractivity contribution in [3.63, 3.8) is 0 Å². The molecule has 1 nitrogen and oxygen atoms in total. The fraction of sp³-hybridized carbons (Fsp3) is 1.00. The summed E-state index contributed by atoms with van der Waals surface area (Å²) < 4.78 is 0. The first-order valence-corrected chi connectivity index (χ1v) is 6.29. The number of hydrogen-bond acceptors (Lipinski definition) is 1. The van der Waals surface area contributed by atoms with E-state index in [2.05, 4.69) is 40.1 Å². The third-order valence-electron chi connectivity index (χ3n) is 3.42. The minimum atomic E-state index is 0.417. The van der Waals surface area contributed by atoms with E-state index < -0.39 is 0 Å². The average molecular weight is 199 g/mol. The molecule has 0 rings (SSSR count). The van der Waals surface area contributed by atoms with Gasteiger partial charge in [-0.3, -0.25) is 0 Å². The van der Waals surface area contributed by atoms with E-state index in [-0.39, 0.29) is 0 Å². The monoisotopic (exact) mass is 199 g/mol. The van der Waals surface area contributed by atoms with Gasteiger partial charge in [0.25, 0.3) is 0 Å². The van der Waals surface area contributed by atoms with Crippen molar-refractivity contribution in [2.24, 2.45) is 5.92 Å². The first-order chi connectivity index (χ1) is 6.60. The number of unbranched alkanes of at least 4 members (excludes halogenated alkanes) is 1. The van der Waals surface area contributed by atoms with Gasteiger partial charge in [0.2, 0.25) is 0 Å². The Morgan fingerprint density at radius 1 is 1.14 bits per heavy atom. The third kappa shape index (κ3) is 4.99. The molecule has 0 aliphatic heterocycles. The van der Waals surface area contributed by atoms with Crippen molar-refractivity contribution < 1.29 is 0 Å². The molecule has 0 amide bonds. The lowest BCUT2D eigenvalue weighted by atomic mass is 9.83. The van der Waals surface area contributed by atoms with E-state index in [1.165, 1.54) is 38.5 Å². The van der Waals surface area contributed by atoms with Crippen molar-refractivity contribution in [3.05, 3.63) is 0 Å². The van der Waals surface area contributed by atoms with Crippen LogP contribution in [0.5, 0.6) is 0 Å². The lowest BCUT2D eigenvalue weighted by Crippen LogP contribution is -2.42. The third-order valence-corrected chi connectivity index (χ3v) is 3.42. The van der Waals surface area contributed by atoms with Gasteiger partial charge in [-0.1, -0.05) is 40.5 Å². The van der Waals surface area contributed by atoms with Gasteiger partial charge in [0, 0.05) is 5.54 Å². The smallest absolute Gasteiger partial charge is 0.0176 e. The largest absolute Gasteiger partial charge is 0.314 e. The summed E-state index contributed by atoms with van der Waals surface area (Å²) in [5.74, 6) is 0.830. The zero-order valence-electron chi connectivity index (χ0n) is 10.8. The second kappa shape index (κ2) is 7.28. The summed E-state index contributed by atoms with van der Waals surface area (Å²) in [6.07, 6.45) is 7.94. The molecule has 86 valence electrons. The van der Waals surface area contributed by atoms with Crippen LogP contribution >= 0.6 is 0 Å². The molecule has 0 saturated carbocycles. The Kier molecular flexibility index (Phi) is 7.26. The highest BCUT2D eigenvalue weighted by atomic mass is 14.9. The first-order valence-electron chi connectivity index (χ1n) is 6.29. The molecule has 1 unspecified atom stereocenters. The molecule has 0 saturated heterocycles. The normalized spacial score (nSPS) is 15.9. The predicted octanol–water partition coefficient (Wildman–Crippen LogP) is 3.98. The summed E-state index contributed by atoms with van der Waals surface area (Å²) in [4.78, 5) is 0. The van der Waals surface area contributed by atoms with Gasteiger partial charge in [0.1, 0.15) is 0 Å². The van der Waals surface area contributed by atoms with E-state index in [1.807, 2.05) is 0 Å².